The van der Waals surface area contributed by atoms with Crippen molar-refractivity contribution in [1.29, 1.82) is 0 Å². The molecule has 0 saturated carbocycles. The second-order valence-corrected chi connectivity index (χ2v) is 12.9. The molecule has 0 fully saturated rings. The van der Waals surface area contributed by atoms with Gasteiger partial charge < -0.3 is 4.42 Å². The second kappa shape index (κ2) is 11.9. The normalized spacial score (nSPS) is 11.5. The van der Waals surface area contributed by atoms with E-state index in [2.05, 4.69) is 164 Å². The number of nitrogens with zero attached hydrogens (tertiary/aromatic N) is 2. The molecule has 3 heteroatoms. The minimum atomic E-state index is 0.666. The Hall–Kier alpha value is -6.84. The van der Waals surface area contributed by atoms with E-state index in [1.165, 1.54) is 27.1 Å². The van der Waals surface area contributed by atoms with Crippen LogP contribution in [0, 0.1) is 0 Å². The summed E-state index contributed by atoms with van der Waals surface area (Å²) < 4.78 is 6.49. The van der Waals surface area contributed by atoms with E-state index in [0.29, 0.717) is 5.82 Å². The third-order valence-corrected chi connectivity index (χ3v) is 9.92. The monoisotopic (exact) mass is 650 g/mol. The molecule has 10 rings (SSSR count). The van der Waals surface area contributed by atoms with Gasteiger partial charge in [-0.2, -0.15) is 0 Å². The van der Waals surface area contributed by atoms with Gasteiger partial charge in [-0.15, -0.1) is 0 Å². The molecule has 0 N–H and O–H groups in total. The van der Waals surface area contributed by atoms with Crippen LogP contribution in [0.1, 0.15) is 0 Å². The number of fused-ring (bicyclic) bond motifs is 6. The molecule has 0 aliphatic rings. The van der Waals surface area contributed by atoms with E-state index in [9.17, 15) is 0 Å². The Kier molecular flexibility index (Phi) is 6.81. The maximum atomic E-state index is 6.49. The molecule has 0 atom stereocenters. The Morgan fingerprint density at radius 3 is 1.76 bits per heavy atom. The van der Waals surface area contributed by atoms with Crippen molar-refractivity contribution >= 4 is 43.5 Å². The Bertz CT molecular complexity index is 2910. The molecule has 51 heavy (non-hydrogen) atoms. The summed E-state index contributed by atoms with van der Waals surface area (Å²) in [5.41, 5.74) is 10.9. The highest BCUT2D eigenvalue weighted by atomic mass is 16.3. The molecule has 0 radical (unpaired) electrons. The van der Waals surface area contributed by atoms with E-state index < -0.39 is 0 Å². The summed E-state index contributed by atoms with van der Waals surface area (Å²) >= 11 is 0. The lowest BCUT2D eigenvalue weighted by atomic mass is 9.92. The highest BCUT2D eigenvalue weighted by Gasteiger charge is 2.18. The standard InChI is InChI=1S/C48H30N2O/c1-2-13-31(14-3-1)35-16-6-9-21-41(35)48-49-44(30-45(50-48)42-23-12-22-40-39-20-10-11-24-46(39)51-47(40)42)33-27-25-32(26-28-33)43-29-34-15-4-5-17-36(34)37-18-7-8-19-38(37)43/h1-30H. The first-order chi connectivity index (χ1) is 25.3. The molecular formula is C48H30N2O. The van der Waals surface area contributed by atoms with E-state index in [0.717, 1.165) is 66.7 Å². The van der Waals surface area contributed by atoms with Crippen molar-refractivity contribution in [2.24, 2.45) is 0 Å². The summed E-state index contributed by atoms with van der Waals surface area (Å²) in [4.78, 5) is 10.5. The number of para-hydroxylation sites is 2. The van der Waals surface area contributed by atoms with Crippen LogP contribution in [0.3, 0.4) is 0 Å². The lowest BCUT2D eigenvalue weighted by Gasteiger charge is -2.14. The van der Waals surface area contributed by atoms with E-state index in [4.69, 9.17) is 14.4 Å². The van der Waals surface area contributed by atoms with Gasteiger partial charge in [0.2, 0.25) is 0 Å². The zero-order valence-electron chi connectivity index (χ0n) is 27.6. The molecule has 0 spiro atoms. The molecule has 0 aliphatic heterocycles. The summed E-state index contributed by atoms with van der Waals surface area (Å²) in [5.74, 6) is 0.666. The highest BCUT2D eigenvalue weighted by molar-refractivity contribution is 6.14. The van der Waals surface area contributed by atoms with Gasteiger partial charge in [-0.3, -0.25) is 0 Å². The lowest BCUT2D eigenvalue weighted by molar-refractivity contribution is 0.670. The van der Waals surface area contributed by atoms with Crippen molar-refractivity contribution in [3.8, 4) is 56.2 Å². The van der Waals surface area contributed by atoms with E-state index in [-0.39, 0.29) is 0 Å². The zero-order valence-corrected chi connectivity index (χ0v) is 27.6. The Balaban J connectivity index is 1.16. The van der Waals surface area contributed by atoms with Crippen LogP contribution < -0.4 is 0 Å². The average Bonchev–Trinajstić information content (AvgIpc) is 3.60. The summed E-state index contributed by atoms with van der Waals surface area (Å²) in [7, 11) is 0. The quantitative estimate of drug-likeness (QED) is 0.174. The van der Waals surface area contributed by atoms with Gasteiger partial charge in [-0.1, -0.05) is 158 Å². The van der Waals surface area contributed by atoms with Crippen LogP contribution in [0.4, 0.5) is 0 Å². The van der Waals surface area contributed by atoms with Gasteiger partial charge in [-0.05, 0) is 68.1 Å². The number of benzene rings is 8. The third-order valence-electron chi connectivity index (χ3n) is 9.92. The zero-order chi connectivity index (χ0) is 33.7. The van der Waals surface area contributed by atoms with E-state index in [1.807, 2.05) is 18.2 Å². The minimum Gasteiger partial charge on any atom is -0.455 e. The van der Waals surface area contributed by atoms with Gasteiger partial charge >= 0.3 is 0 Å². The summed E-state index contributed by atoms with van der Waals surface area (Å²) in [6, 6.07) is 63.8. The number of aromatic nitrogens is 2. The fraction of sp³-hybridized carbons (Fsp3) is 0. The van der Waals surface area contributed by atoms with Gasteiger partial charge in [-0.25, -0.2) is 9.97 Å². The third kappa shape index (κ3) is 4.98. The molecule has 0 bridgehead atoms. The maximum absolute atomic E-state index is 6.49. The summed E-state index contributed by atoms with van der Waals surface area (Å²) in [6.45, 7) is 0. The molecule has 3 nitrogen and oxygen atoms in total. The minimum absolute atomic E-state index is 0.666. The number of hydrogen-bond acceptors (Lipinski definition) is 3. The Morgan fingerprint density at radius 2 is 0.922 bits per heavy atom. The van der Waals surface area contributed by atoms with Crippen molar-refractivity contribution in [2.75, 3.05) is 0 Å². The first-order valence-corrected chi connectivity index (χ1v) is 17.2. The van der Waals surface area contributed by atoms with Crippen LogP contribution in [0.5, 0.6) is 0 Å². The second-order valence-electron chi connectivity index (χ2n) is 12.9. The topological polar surface area (TPSA) is 38.9 Å². The fourth-order valence-corrected chi connectivity index (χ4v) is 7.46. The van der Waals surface area contributed by atoms with Crippen molar-refractivity contribution in [2.45, 2.75) is 0 Å². The number of rotatable bonds is 5. The van der Waals surface area contributed by atoms with Crippen LogP contribution in [-0.2, 0) is 0 Å². The Labute approximate surface area is 295 Å². The summed E-state index contributed by atoms with van der Waals surface area (Å²) in [6.07, 6.45) is 0. The van der Waals surface area contributed by atoms with Crippen LogP contribution in [0.2, 0.25) is 0 Å². The van der Waals surface area contributed by atoms with Crippen molar-refractivity contribution in [1.82, 2.24) is 9.97 Å². The number of furan rings is 1. The fourth-order valence-electron chi connectivity index (χ4n) is 7.46. The van der Waals surface area contributed by atoms with Crippen LogP contribution in [0.25, 0.3) is 99.6 Å². The molecule has 10 aromatic rings. The molecule has 2 aromatic heterocycles. The molecule has 0 aliphatic carbocycles. The van der Waals surface area contributed by atoms with Gasteiger partial charge in [0.1, 0.15) is 11.2 Å². The SMILES string of the molecule is c1ccc(-c2ccccc2-c2nc(-c3ccc(-c4cc5ccccc5c5ccccc45)cc3)cc(-c3cccc4c3oc3ccccc34)n2)cc1. The van der Waals surface area contributed by atoms with Crippen LogP contribution in [0.15, 0.2) is 186 Å². The molecule has 0 unspecified atom stereocenters. The molecule has 238 valence electrons. The molecule has 0 saturated heterocycles. The van der Waals surface area contributed by atoms with Gasteiger partial charge in [0.15, 0.2) is 5.82 Å². The number of hydrogen-bond donors (Lipinski definition) is 0. The predicted molar refractivity (Wildman–Crippen MR) is 212 cm³/mol. The van der Waals surface area contributed by atoms with Crippen LogP contribution >= 0.6 is 0 Å². The maximum Gasteiger partial charge on any atom is 0.161 e. The van der Waals surface area contributed by atoms with Crippen molar-refractivity contribution in [3.63, 3.8) is 0 Å². The molecule has 8 aromatic carbocycles. The van der Waals surface area contributed by atoms with Gasteiger partial charge in [0, 0.05) is 27.5 Å². The highest BCUT2D eigenvalue weighted by Crippen LogP contribution is 2.39. The predicted octanol–water partition coefficient (Wildman–Crippen LogP) is 13.0. The average molecular weight is 651 g/mol. The van der Waals surface area contributed by atoms with Crippen LogP contribution in [-0.4, -0.2) is 9.97 Å². The smallest absolute Gasteiger partial charge is 0.161 e. The van der Waals surface area contributed by atoms with E-state index in [1.54, 1.807) is 0 Å². The largest absolute Gasteiger partial charge is 0.455 e. The first-order valence-electron chi connectivity index (χ1n) is 17.2. The first kappa shape index (κ1) is 29.1. The van der Waals surface area contributed by atoms with Crippen molar-refractivity contribution < 1.29 is 4.42 Å². The lowest BCUT2D eigenvalue weighted by Crippen LogP contribution is -1.97. The van der Waals surface area contributed by atoms with Gasteiger partial charge in [0.25, 0.3) is 0 Å². The molecule has 0 amide bonds. The molecular weight excluding hydrogens is 621 g/mol. The van der Waals surface area contributed by atoms with Crippen molar-refractivity contribution in [3.05, 3.63) is 182 Å². The molecule has 2 heterocycles. The summed E-state index contributed by atoms with van der Waals surface area (Å²) in [5, 5.41) is 7.17. The van der Waals surface area contributed by atoms with E-state index >= 15 is 0 Å². The Morgan fingerprint density at radius 1 is 0.333 bits per heavy atom. The van der Waals surface area contributed by atoms with Gasteiger partial charge in [0.05, 0.1) is 11.4 Å².